The van der Waals surface area contributed by atoms with E-state index in [0.29, 0.717) is 18.2 Å². The number of aryl methyl sites for hydroxylation is 2. The summed E-state index contributed by atoms with van der Waals surface area (Å²) in [6.45, 7) is 9.45. The van der Waals surface area contributed by atoms with Gasteiger partial charge in [-0.1, -0.05) is 43.7 Å². The van der Waals surface area contributed by atoms with E-state index < -0.39 is 0 Å². The lowest BCUT2D eigenvalue weighted by Gasteiger charge is -2.35. The number of hydrogen-bond donors (Lipinski definition) is 1. The van der Waals surface area contributed by atoms with Crippen molar-refractivity contribution in [1.29, 1.82) is 0 Å². The lowest BCUT2D eigenvalue weighted by Crippen LogP contribution is -2.40. The van der Waals surface area contributed by atoms with Crippen LogP contribution in [0, 0.1) is 13.8 Å². The molecule has 0 radical (unpaired) electrons. The number of para-hydroxylation sites is 1. The number of nitrogens with one attached hydrogen (secondary N) is 1. The molecular weight excluding hydrogens is 394 g/mol. The SMILES string of the molecule is CC[C@H]1CCCCN1CCCNC(=O)c1cc(-c2ccc(C)c(C)c2)nc2ccccc12. The maximum atomic E-state index is 13.2. The Morgan fingerprint density at radius 3 is 2.75 bits per heavy atom. The van der Waals surface area contributed by atoms with E-state index in [4.69, 9.17) is 4.98 Å². The molecule has 1 amide bonds. The summed E-state index contributed by atoms with van der Waals surface area (Å²) >= 11 is 0. The molecule has 32 heavy (non-hydrogen) atoms. The minimum atomic E-state index is -0.0145. The fraction of sp³-hybridized carbons (Fsp3) is 0.429. The first-order valence-electron chi connectivity index (χ1n) is 12.1. The van der Waals surface area contributed by atoms with E-state index >= 15 is 0 Å². The quantitative estimate of drug-likeness (QED) is 0.475. The lowest BCUT2D eigenvalue weighted by molar-refractivity contribution is 0.0949. The number of nitrogens with zero attached hydrogens (tertiary/aromatic N) is 2. The normalized spacial score (nSPS) is 16.9. The molecule has 0 aliphatic carbocycles. The van der Waals surface area contributed by atoms with E-state index in [1.807, 2.05) is 30.3 Å². The zero-order valence-electron chi connectivity index (χ0n) is 19.7. The second kappa shape index (κ2) is 10.3. The van der Waals surface area contributed by atoms with Crippen LogP contribution in [0.2, 0.25) is 0 Å². The Balaban J connectivity index is 1.49. The van der Waals surface area contributed by atoms with Crippen LogP contribution in [0.5, 0.6) is 0 Å². The molecule has 3 aromatic rings. The van der Waals surface area contributed by atoms with E-state index in [-0.39, 0.29) is 5.91 Å². The van der Waals surface area contributed by atoms with E-state index in [1.165, 1.54) is 43.4 Å². The highest BCUT2D eigenvalue weighted by Gasteiger charge is 2.20. The van der Waals surface area contributed by atoms with Gasteiger partial charge in [-0.3, -0.25) is 4.79 Å². The molecule has 1 fully saturated rings. The van der Waals surface area contributed by atoms with Gasteiger partial charge in [-0.25, -0.2) is 4.98 Å². The summed E-state index contributed by atoms with van der Waals surface area (Å²) in [6, 6.07) is 16.9. The van der Waals surface area contributed by atoms with Gasteiger partial charge in [0, 0.05) is 30.1 Å². The van der Waals surface area contributed by atoms with Crippen LogP contribution in [0.1, 0.15) is 60.5 Å². The van der Waals surface area contributed by atoms with Crippen molar-refractivity contribution in [3.63, 3.8) is 0 Å². The molecule has 4 nitrogen and oxygen atoms in total. The highest BCUT2D eigenvalue weighted by atomic mass is 16.1. The largest absolute Gasteiger partial charge is 0.352 e. The Bertz CT molecular complexity index is 1090. The van der Waals surface area contributed by atoms with Gasteiger partial charge in [-0.05, 0) is 75.4 Å². The minimum Gasteiger partial charge on any atom is -0.352 e. The van der Waals surface area contributed by atoms with Gasteiger partial charge in [0.15, 0.2) is 0 Å². The van der Waals surface area contributed by atoms with Crippen molar-refractivity contribution >= 4 is 16.8 Å². The molecule has 1 saturated heterocycles. The fourth-order valence-electron chi connectivity index (χ4n) is 4.81. The monoisotopic (exact) mass is 429 g/mol. The van der Waals surface area contributed by atoms with Crippen LogP contribution in [-0.2, 0) is 0 Å². The zero-order valence-corrected chi connectivity index (χ0v) is 19.7. The first-order valence-corrected chi connectivity index (χ1v) is 12.1. The van der Waals surface area contributed by atoms with Crippen LogP contribution >= 0.6 is 0 Å². The summed E-state index contributed by atoms with van der Waals surface area (Å²) in [5, 5.41) is 4.07. The second-order valence-electron chi connectivity index (χ2n) is 9.07. The molecule has 4 heteroatoms. The second-order valence-corrected chi connectivity index (χ2v) is 9.07. The predicted molar refractivity (Wildman–Crippen MR) is 133 cm³/mol. The Labute approximate surface area is 192 Å². The molecule has 2 heterocycles. The molecule has 4 rings (SSSR count). The first kappa shape index (κ1) is 22.5. The molecule has 1 aromatic heterocycles. The number of carbonyl (C=O) groups is 1. The third-order valence-corrected chi connectivity index (χ3v) is 6.89. The van der Waals surface area contributed by atoms with Crippen molar-refractivity contribution in [3.05, 3.63) is 65.2 Å². The molecule has 1 N–H and O–H groups in total. The van der Waals surface area contributed by atoms with Crippen LogP contribution < -0.4 is 5.32 Å². The van der Waals surface area contributed by atoms with Crippen molar-refractivity contribution in [2.75, 3.05) is 19.6 Å². The van der Waals surface area contributed by atoms with E-state index in [9.17, 15) is 4.79 Å². The van der Waals surface area contributed by atoms with Gasteiger partial charge in [0.25, 0.3) is 5.91 Å². The average molecular weight is 430 g/mol. The number of hydrogen-bond acceptors (Lipinski definition) is 3. The summed E-state index contributed by atoms with van der Waals surface area (Å²) in [6.07, 6.45) is 6.16. The number of fused-ring (bicyclic) bond motifs is 1. The van der Waals surface area contributed by atoms with Crippen molar-refractivity contribution < 1.29 is 4.79 Å². The summed E-state index contributed by atoms with van der Waals surface area (Å²) in [7, 11) is 0. The highest BCUT2D eigenvalue weighted by Crippen LogP contribution is 2.26. The zero-order chi connectivity index (χ0) is 22.5. The molecule has 0 saturated carbocycles. The molecule has 1 aliphatic heterocycles. The number of benzene rings is 2. The number of rotatable bonds is 7. The summed E-state index contributed by atoms with van der Waals surface area (Å²) in [4.78, 5) is 20.6. The highest BCUT2D eigenvalue weighted by molar-refractivity contribution is 6.07. The van der Waals surface area contributed by atoms with Crippen LogP contribution in [0.25, 0.3) is 22.2 Å². The van der Waals surface area contributed by atoms with E-state index in [2.05, 4.69) is 49.2 Å². The van der Waals surface area contributed by atoms with E-state index in [1.54, 1.807) is 0 Å². The average Bonchev–Trinajstić information content (AvgIpc) is 2.83. The molecule has 2 aromatic carbocycles. The maximum absolute atomic E-state index is 13.2. The number of piperidine rings is 1. The number of likely N-dealkylation sites (tertiary alicyclic amines) is 1. The Hall–Kier alpha value is -2.72. The summed E-state index contributed by atoms with van der Waals surface area (Å²) in [5.74, 6) is -0.0145. The Morgan fingerprint density at radius 1 is 1.09 bits per heavy atom. The van der Waals surface area contributed by atoms with Crippen molar-refractivity contribution in [2.45, 2.75) is 58.9 Å². The number of carbonyl (C=O) groups excluding carboxylic acids is 1. The predicted octanol–water partition coefficient (Wildman–Crippen LogP) is 5.90. The van der Waals surface area contributed by atoms with Crippen LogP contribution in [0.4, 0.5) is 0 Å². The maximum Gasteiger partial charge on any atom is 0.252 e. The smallest absolute Gasteiger partial charge is 0.252 e. The summed E-state index contributed by atoms with van der Waals surface area (Å²) < 4.78 is 0. The third-order valence-electron chi connectivity index (χ3n) is 6.89. The molecule has 1 atom stereocenters. The van der Waals surface area contributed by atoms with Gasteiger partial charge in [-0.2, -0.15) is 0 Å². The molecule has 0 unspecified atom stereocenters. The number of amides is 1. The van der Waals surface area contributed by atoms with Crippen LogP contribution in [-0.4, -0.2) is 41.5 Å². The van der Waals surface area contributed by atoms with Crippen molar-refractivity contribution in [3.8, 4) is 11.3 Å². The molecule has 0 bridgehead atoms. The third kappa shape index (κ3) is 5.02. The Kier molecular flexibility index (Phi) is 7.21. The van der Waals surface area contributed by atoms with Gasteiger partial charge in [-0.15, -0.1) is 0 Å². The van der Waals surface area contributed by atoms with Gasteiger partial charge in [0.2, 0.25) is 0 Å². The fourth-order valence-corrected chi connectivity index (χ4v) is 4.81. The summed E-state index contributed by atoms with van der Waals surface area (Å²) in [5.41, 5.74) is 5.93. The van der Waals surface area contributed by atoms with Gasteiger partial charge < -0.3 is 10.2 Å². The van der Waals surface area contributed by atoms with Gasteiger partial charge in [0.1, 0.15) is 0 Å². The number of aromatic nitrogens is 1. The number of pyridine rings is 1. The van der Waals surface area contributed by atoms with Crippen LogP contribution in [0.15, 0.2) is 48.5 Å². The lowest BCUT2D eigenvalue weighted by atomic mass is 10.00. The topological polar surface area (TPSA) is 45.2 Å². The standard InChI is InChI=1S/C28H35N3O/c1-4-23-10-7-8-16-31(23)17-9-15-29-28(32)25-19-27(22-14-13-20(2)21(3)18-22)30-26-12-6-5-11-24(25)26/h5-6,11-14,18-19,23H,4,7-10,15-17H2,1-3H3,(H,29,32)/t23-/m0/s1. The van der Waals surface area contributed by atoms with Gasteiger partial charge >= 0.3 is 0 Å². The molecular formula is C28H35N3O. The van der Waals surface area contributed by atoms with Crippen molar-refractivity contribution in [1.82, 2.24) is 15.2 Å². The molecule has 168 valence electrons. The molecule has 1 aliphatic rings. The van der Waals surface area contributed by atoms with Crippen LogP contribution in [0.3, 0.4) is 0 Å². The first-order chi connectivity index (χ1) is 15.6. The van der Waals surface area contributed by atoms with Gasteiger partial charge in [0.05, 0.1) is 16.8 Å². The van der Waals surface area contributed by atoms with E-state index in [0.717, 1.165) is 35.1 Å². The minimum absolute atomic E-state index is 0.0145. The van der Waals surface area contributed by atoms with Crippen molar-refractivity contribution in [2.24, 2.45) is 0 Å². The Morgan fingerprint density at radius 2 is 1.94 bits per heavy atom. The molecule has 0 spiro atoms.